The summed E-state index contributed by atoms with van der Waals surface area (Å²) in [7, 11) is 0. The highest BCUT2D eigenvalue weighted by atomic mass is 16.2. The number of benzene rings is 1. The molecule has 2 aliphatic rings. The minimum Gasteiger partial charge on any atom is -0.369 e. The van der Waals surface area contributed by atoms with Gasteiger partial charge in [-0.2, -0.15) is 0 Å². The summed E-state index contributed by atoms with van der Waals surface area (Å²) in [6, 6.07) is 8.21. The van der Waals surface area contributed by atoms with E-state index in [9.17, 15) is 9.59 Å². The lowest BCUT2D eigenvalue weighted by Crippen LogP contribution is -2.62. The summed E-state index contributed by atoms with van der Waals surface area (Å²) in [5.41, 5.74) is 7.27. The Hall–Kier alpha value is -2.67. The molecule has 142 valence electrons. The quantitative estimate of drug-likeness (QED) is 0.853. The molecule has 0 spiro atoms. The van der Waals surface area contributed by atoms with Crippen molar-refractivity contribution < 1.29 is 9.59 Å². The second-order valence-corrected chi connectivity index (χ2v) is 7.51. The molecule has 2 aliphatic heterocycles. The average molecular weight is 367 g/mol. The summed E-state index contributed by atoms with van der Waals surface area (Å²) in [5.74, 6) is -0.0797. The first kappa shape index (κ1) is 17.7. The van der Waals surface area contributed by atoms with Crippen LogP contribution in [-0.4, -0.2) is 63.4 Å². The van der Waals surface area contributed by atoms with Gasteiger partial charge in [-0.1, -0.05) is 12.1 Å². The van der Waals surface area contributed by atoms with Crippen LogP contribution in [0.4, 0.5) is 0 Å². The summed E-state index contributed by atoms with van der Waals surface area (Å²) < 4.78 is 2.00. The first-order chi connectivity index (χ1) is 13.1. The van der Waals surface area contributed by atoms with E-state index in [0.717, 1.165) is 56.7 Å². The van der Waals surface area contributed by atoms with Gasteiger partial charge in [0.1, 0.15) is 0 Å². The number of hydrogen-bond donors (Lipinski definition) is 1. The smallest absolute Gasteiger partial charge is 0.253 e. The second kappa shape index (κ2) is 7.52. The molecule has 2 fully saturated rings. The van der Waals surface area contributed by atoms with Gasteiger partial charge in [0.25, 0.3) is 5.91 Å². The van der Waals surface area contributed by atoms with E-state index in [0.29, 0.717) is 6.04 Å². The monoisotopic (exact) mass is 367 g/mol. The van der Waals surface area contributed by atoms with E-state index >= 15 is 0 Å². The number of imidazole rings is 1. The molecule has 2 saturated heterocycles. The van der Waals surface area contributed by atoms with Crippen molar-refractivity contribution in [3.63, 3.8) is 0 Å². The maximum Gasteiger partial charge on any atom is 0.253 e. The Morgan fingerprint density at radius 2 is 1.81 bits per heavy atom. The number of amides is 2. The van der Waals surface area contributed by atoms with Gasteiger partial charge < -0.3 is 15.2 Å². The van der Waals surface area contributed by atoms with Crippen molar-refractivity contribution in [2.75, 3.05) is 26.2 Å². The Labute approximate surface area is 158 Å². The Morgan fingerprint density at radius 3 is 2.41 bits per heavy atom. The van der Waals surface area contributed by atoms with E-state index in [-0.39, 0.29) is 17.7 Å². The number of carbonyl (C=O) groups excluding carboxylic acids is 2. The zero-order valence-electron chi connectivity index (χ0n) is 15.3. The van der Waals surface area contributed by atoms with Gasteiger partial charge in [-0.3, -0.25) is 14.5 Å². The fourth-order valence-corrected chi connectivity index (χ4v) is 3.93. The Bertz CT molecular complexity index is 788. The minimum atomic E-state index is -0.184. The largest absolute Gasteiger partial charge is 0.369 e. The van der Waals surface area contributed by atoms with Gasteiger partial charge in [0.2, 0.25) is 5.91 Å². The Kier molecular flexibility index (Phi) is 4.94. The first-order valence-corrected chi connectivity index (χ1v) is 9.47. The molecule has 2 N–H and O–H groups in total. The topological polar surface area (TPSA) is 84.5 Å². The molecule has 1 aromatic heterocycles. The zero-order chi connectivity index (χ0) is 18.8. The van der Waals surface area contributed by atoms with Crippen LogP contribution in [0.2, 0.25) is 0 Å². The molecule has 3 heterocycles. The normalized spacial score (nSPS) is 19.0. The number of nitrogens with zero attached hydrogens (tertiary/aromatic N) is 4. The second-order valence-electron chi connectivity index (χ2n) is 7.51. The minimum absolute atomic E-state index is 0.0138. The lowest BCUT2D eigenvalue weighted by Gasteiger charge is -2.47. The van der Waals surface area contributed by atoms with Crippen molar-refractivity contribution in [1.82, 2.24) is 19.4 Å². The van der Waals surface area contributed by atoms with Crippen molar-refractivity contribution in [3.8, 4) is 0 Å². The number of rotatable bonds is 5. The van der Waals surface area contributed by atoms with Gasteiger partial charge in [0, 0.05) is 49.6 Å². The lowest BCUT2D eigenvalue weighted by molar-refractivity contribution is -0.123. The molecule has 2 aromatic rings. The number of carbonyl (C=O) groups is 2. The molecular weight excluding hydrogens is 342 g/mol. The summed E-state index contributed by atoms with van der Waals surface area (Å²) in [6.07, 6.45) is 7.13. The number of primary amides is 1. The number of piperidine rings is 1. The maximum atomic E-state index is 12.7. The molecule has 0 radical (unpaired) electrons. The van der Waals surface area contributed by atoms with Crippen LogP contribution in [0, 0.1) is 5.92 Å². The van der Waals surface area contributed by atoms with Crippen molar-refractivity contribution in [3.05, 3.63) is 54.1 Å². The molecule has 1 aromatic carbocycles. The SMILES string of the molecule is NC(=O)C1CCN(C2CN(C(=O)c3ccc(Cn4ccnc4)cc3)C2)CC1. The lowest BCUT2D eigenvalue weighted by atomic mass is 9.93. The van der Waals surface area contributed by atoms with Gasteiger partial charge in [0.15, 0.2) is 0 Å². The molecule has 4 rings (SSSR count). The van der Waals surface area contributed by atoms with E-state index in [2.05, 4.69) is 9.88 Å². The van der Waals surface area contributed by atoms with Crippen molar-refractivity contribution >= 4 is 11.8 Å². The van der Waals surface area contributed by atoms with Gasteiger partial charge in [-0.25, -0.2) is 4.98 Å². The number of nitrogens with two attached hydrogens (primary N) is 1. The van der Waals surface area contributed by atoms with Crippen LogP contribution >= 0.6 is 0 Å². The number of aromatic nitrogens is 2. The Morgan fingerprint density at radius 1 is 1.11 bits per heavy atom. The third-order valence-electron chi connectivity index (χ3n) is 5.72. The fraction of sp³-hybridized carbons (Fsp3) is 0.450. The van der Waals surface area contributed by atoms with E-state index in [1.54, 1.807) is 12.5 Å². The number of likely N-dealkylation sites (tertiary alicyclic amines) is 2. The van der Waals surface area contributed by atoms with Crippen LogP contribution < -0.4 is 5.73 Å². The zero-order valence-corrected chi connectivity index (χ0v) is 15.3. The van der Waals surface area contributed by atoms with Gasteiger partial charge in [-0.05, 0) is 43.6 Å². The van der Waals surface area contributed by atoms with Crippen LogP contribution in [0.5, 0.6) is 0 Å². The first-order valence-electron chi connectivity index (χ1n) is 9.47. The van der Waals surface area contributed by atoms with Gasteiger partial charge in [0.05, 0.1) is 6.33 Å². The standard InChI is InChI=1S/C20H25N5O2/c21-19(26)16-5-8-24(9-6-16)18-12-25(13-18)20(27)17-3-1-15(2-4-17)11-23-10-7-22-14-23/h1-4,7,10,14,16,18H,5-6,8-9,11-13H2,(H2,21,26). The molecule has 0 saturated carbocycles. The molecule has 7 nitrogen and oxygen atoms in total. The van der Waals surface area contributed by atoms with E-state index in [1.165, 1.54) is 0 Å². The fourth-order valence-electron chi connectivity index (χ4n) is 3.93. The Balaban J connectivity index is 1.27. The van der Waals surface area contributed by atoms with Crippen molar-refractivity contribution in [1.29, 1.82) is 0 Å². The van der Waals surface area contributed by atoms with Crippen molar-refractivity contribution in [2.24, 2.45) is 11.7 Å². The molecule has 0 aliphatic carbocycles. The van der Waals surface area contributed by atoms with Crippen LogP contribution in [0.3, 0.4) is 0 Å². The van der Waals surface area contributed by atoms with Gasteiger partial charge in [-0.15, -0.1) is 0 Å². The van der Waals surface area contributed by atoms with E-state index in [1.807, 2.05) is 39.9 Å². The van der Waals surface area contributed by atoms with E-state index in [4.69, 9.17) is 5.73 Å². The maximum absolute atomic E-state index is 12.7. The highest BCUT2D eigenvalue weighted by molar-refractivity contribution is 5.94. The summed E-state index contributed by atoms with van der Waals surface area (Å²) >= 11 is 0. The number of hydrogen-bond acceptors (Lipinski definition) is 4. The third-order valence-corrected chi connectivity index (χ3v) is 5.72. The van der Waals surface area contributed by atoms with Crippen LogP contribution in [0.15, 0.2) is 43.0 Å². The molecule has 2 amide bonds. The van der Waals surface area contributed by atoms with Crippen LogP contribution in [-0.2, 0) is 11.3 Å². The van der Waals surface area contributed by atoms with Crippen LogP contribution in [0.1, 0.15) is 28.8 Å². The van der Waals surface area contributed by atoms with Crippen LogP contribution in [0.25, 0.3) is 0 Å². The van der Waals surface area contributed by atoms with Gasteiger partial charge >= 0.3 is 0 Å². The summed E-state index contributed by atoms with van der Waals surface area (Å²) in [5, 5.41) is 0. The summed E-state index contributed by atoms with van der Waals surface area (Å²) in [4.78, 5) is 32.3. The molecule has 0 bridgehead atoms. The highest BCUT2D eigenvalue weighted by Crippen LogP contribution is 2.24. The molecule has 7 heteroatoms. The third kappa shape index (κ3) is 3.88. The van der Waals surface area contributed by atoms with Crippen molar-refractivity contribution in [2.45, 2.75) is 25.4 Å². The molecule has 0 atom stereocenters. The highest BCUT2D eigenvalue weighted by Gasteiger charge is 2.37. The predicted molar refractivity (Wildman–Crippen MR) is 101 cm³/mol. The summed E-state index contributed by atoms with van der Waals surface area (Å²) in [6.45, 7) is 4.06. The van der Waals surface area contributed by atoms with E-state index < -0.39 is 0 Å². The predicted octanol–water partition coefficient (Wildman–Crippen LogP) is 0.953. The molecular formula is C20H25N5O2. The average Bonchev–Trinajstić information content (AvgIpc) is 3.14. The molecule has 27 heavy (non-hydrogen) atoms. The molecule has 0 unspecified atom stereocenters.